The summed E-state index contributed by atoms with van der Waals surface area (Å²) in [5.41, 5.74) is 0.141. The van der Waals surface area contributed by atoms with E-state index >= 15 is 0 Å². The van der Waals surface area contributed by atoms with Crippen LogP contribution in [0.2, 0.25) is 0 Å². The van der Waals surface area contributed by atoms with Crippen molar-refractivity contribution in [3.8, 4) is 0 Å². The first-order valence-corrected chi connectivity index (χ1v) is 16.4. The molecule has 0 heterocycles. The van der Waals surface area contributed by atoms with Crippen molar-refractivity contribution in [2.75, 3.05) is 17.3 Å². The second-order valence-electron chi connectivity index (χ2n) is 11.8. The lowest BCUT2D eigenvalue weighted by Crippen LogP contribution is -2.51. The van der Waals surface area contributed by atoms with Gasteiger partial charge in [-0.05, 0) is 92.9 Å². The zero-order valence-electron chi connectivity index (χ0n) is 22.5. The number of carbonyl (C=O) groups excluding carboxylic acids is 1. The third kappa shape index (κ3) is 12.3. The number of hydrogen-bond acceptors (Lipinski definition) is 1. The molecule has 0 radical (unpaired) electrons. The average Bonchev–Trinajstić information content (AvgIpc) is 2.76. The van der Waals surface area contributed by atoms with Gasteiger partial charge in [0.15, 0.2) is 11.5 Å². The molecule has 4 aliphatic carbocycles. The van der Waals surface area contributed by atoms with E-state index in [0.717, 1.165) is 29.3 Å². The normalized spacial score (nSPS) is 27.2. The predicted octanol–water partition coefficient (Wildman–Crippen LogP) is 9.41. The third-order valence-corrected chi connectivity index (χ3v) is 10.9. The van der Waals surface area contributed by atoms with Crippen LogP contribution in [0.5, 0.6) is 0 Å². The Bertz CT molecular complexity index is 541. The Kier molecular flexibility index (Phi) is 14.1. The van der Waals surface area contributed by atoms with E-state index in [4.69, 9.17) is 0 Å². The van der Waals surface area contributed by atoms with E-state index in [-0.39, 0.29) is 5.41 Å². The molecule has 0 atom stereocenters. The molecule has 0 aromatic rings. The van der Waals surface area contributed by atoms with E-state index in [1.54, 1.807) is 0 Å². The predicted molar refractivity (Wildman–Crippen MR) is 145 cm³/mol. The molecule has 4 saturated carbocycles. The van der Waals surface area contributed by atoms with Gasteiger partial charge in [-0.2, -0.15) is 0 Å². The molecule has 4 bridgehead atoms. The lowest BCUT2D eigenvalue weighted by Gasteiger charge is -2.55. The summed E-state index contributed by atoms with van der Waals surface area (Å²) in [5, 5.41) is 0. The third-order valence-electron chi connectivity index (χ3n) is 8.54. The maximum Gasteiger partial charge on any atom is 0.673 e. The van der Waals surface area contributed by atoms with Crippen molar-refractivity contribution in [1.82, 2.24) is 0 Å². The van der Waals surface area contributed by atoms with E-state index in [0.29, 0.717) is 10.9 Å². The van der Waals surface area contributed by atoms with Gasteiger partial charge in [-0.15, -0.1) is 0 Å². The van der Waals surface area contributed by atoms with Crippen molar-refractivity contribution in [3.05, 3.63) is 0 Å². The molecule has 0 aliphatic heterocycles. The highest BCUT2D eigenvalue weighted by atomic mass is 32.2. The van der Waals surface area contributed by atoms with Crippen LogP contribution in [0.25, 0.3) is 0 Å². The molecule has 7 heteroatoms. The van der Waals surface area contributed by atoms with Gasteiger partial charge in [0.1, 0.15) is 11.5 Å². The fourth-order valence-corrected chi connectivity index (χ4v) is 9.60. The molecule has 0 saturated heterocycles. The number of ketones is 1. The molecule has 0 amide bonds. The largest absolute Gasteiger partial charge is 0.673 e. The maximum atomic E-state index is 13.7. The zero-order chi connectivity index (χ0) is 25.7. The van der Waals surface area contributed by atoms with Gasteiger partial charge in [0, 0.05) is 5.41 Å². The summed E-state index contributed by atoms with van der Waals surface area (Å²) >= 11 is 0. The average molecular weight is 523 g/mol. The first-order valence-electron chi connectivity index (χ1n) is 14.7. The molecule has 0 spiro atoms. The minimum absolute atomic E-state index is 0.141. The van der Waals surface area contributed by atoms with Crippen LogP contribution in [0.1, 0.15) is 129 Å². The minimum atomic E-state index is -6.00. The van der Waals surface area contributed by atoms with Crippen LogP contribution in [0.15, 0.2) is 0 Å². The lowest BCUT2D eigenvalue weighted by molar-refractivity contribution is -0.141. The minimum Gasteiger partial charge on any atom is -0.418 e. The number of halogens is 4. The fourth-order valence-electron chi connectivity index (χ4n) is 7.21. The Morgan fingerprint density at radius 2 is 1.03 bits per heavy atom. The number of Topliss-reactive ketones (excluding diaryl/α,β-unsaturated/α-hetero) is 1. The fraction of sp³-hybridized carbons (Fsp3) is 0.964. The molecular weight excluding hydrogens is 471 g/mol. The first-order chi connectivity index (χ1) is 16.6. The van der Waals surface area contributed by atoms with Gasteiger partial charge in [0.2, 0.25) is 0 Å². The monoisotopic (exact) mass is 522 g/mol. The summed E-state index contributed by atoms with van der Waals surface area (Å²) in [6, 6.07) is 0. The number of hydrogen-bond donors (Lipinski definition) is 0. The molecule has 1 nitrogen and oxygen atoms in total. The van der Waals surface area contributed by atoms with Gasteiger partial charge >= 0.3 is 7.25 Å². The lowest BCUT2D eigenvalue weighted by atomic mass is 9.48. The Hall–Kier alpha value is -0.195. The Balaban J connectivity index is 0.000000784. The first kappa shape index (κ1) is 31.0. The number of carbonyl (C=O) groups is 1. The molecule has 4 fully saturated rings. The van der Waals surface area contributed by atoms with Crippen molar-refractivity contribution in [1.29, 1.82) is 0 Å². The van der Waals surface area contributed by atoms with Crippen LogP contribution in [-0.4, -0.2) is 30.3 Å². The Morgan fingerprint density at radius 1 is 0.686 bits per heavy atom. The summed E-state index contributed by atoms with van der Waals surface area (Å²) < 4.78 is 39.0. The van der Waals surface area contributed by atoms with Crippen LogP contribution in [0, 0.1) is 23.2 Å². The molecule has 35 heavy (non-hydrogen) atoms. The Labute approximate surface area is 215 Å². The second-order valence-corrected chi connectivity index (χ2v) is 14.1. The van der Waals surface area contributed by atoms with Crippen molar-refractivity contribution >= 4 is 23.9 Å². The van der Waals surface area contributed by atoms with Gasteiger partial charge in [-0.25, -0.2) is 0 Å². The van der Waals surface area contributed by atoms with Crippen molar-refractivity contribution in [2.24, 2.45) is 23.2 Å². The van der Waals surface area contributed by atoms with Crippen LogP contribution in [0.3, 0.4) is 0 Å². The standard InChI is InChI=1S/C28H51OS.BF4/c1-3-5-7-9-11-13-15-30(16-14-12-10-8-6-4-2)23-27(29)28-20-24-17-25(21-28)19-26(18-24)22-28;2-1(3,4)5/h24-26H,3-23H2,1-2H3;/q+1;-1. The zero-order valence-corrected chi connectivity index (χ0v) is 23.3. The summed E-state index contributed by atoms with van der Waals surface area (Å²) in [4.78, 5) is 13.7. The van der Waals surface area contributed by atoms with Crippen molar-refractivity contribution in [2.45, 2.75) is 129 Å². The molecule has 0 aromatic heterocycles. The highest BCUT2D eigenvalue weighted by Crippen LogP contribution is 2.60. The quantitative estimate of drug-likeness (QED) is 0.0805. The smallest absolute Gasteiger partial charge is 0.418 e. The van der Waals surface area contributed by atoms with Gasteiger partial charge in [0.25, 0.3) is 0 Å². The van der Waals surface area contributed by atoms with Gasteiger partial charge in [-0.3, -0.25) is 4.79 Å². The van der Waals surface area contributed by atoms with E-state index in [1.165, 1.54) is 127 Å². The van der Waals surface area contributed by atoms with Crippen LogP contribution >= 0.6 is 0 Å². The SMILES string of the molecule is CCCCCCCC[S+](CCCCCCCC)CC(=O)C12CC3CC(CC(C3)C1)C2.F[B-](F)(F)F. The van der Waals surface area contributed by atoms with E-state index in [1.807, 2.05) is 0 Å². The highest BCUT2D eigenvalue weighted by molar-refractivity contribution is 7.97. The van der Waals surface area contributed by atoms with Gasteiger partial charge in [-0.1, -0.05) is 65.2 Å². The van der Waals surface area contributed by atoms with E-state index in [9.17, 15) is 22.1 Å². The molecular formula is C28H51BF4OS. The van der Waals surface area contributed by atoms with Crippen LogP contribution < -0.4 is 0 Å². The Morgan fingerprint density at radius 3 is 1.40 bits per heavy atom. The molecule has 0 N–H and O–H groups in total. The number of rotatable bonds is 17. The molecule has 0 unspecified atom stereocenters. The summed E-state index contributed by atoms with van der Waals surface area (Å²) in [6.07, 6.45) is 24.8. The van der Waals surface area contributed by atoms with Crippen molar-refractivity contribution in [3.63, 3.8) is 0 Å². The van der Waals surface area contributed by atoms with Gasteiger partial charge < -0.3 is 17.3 Å². The topological polar surface area (TPSA) is 17.1 Å². The van der Waals surface area contributed by atoms with Crippen LogP contribution in [0.4, 0.5) is 17.3 Å². The number of unbranched alkanes of at least 4 members (excludes halogenated alkanes) is 10. The molecule has 4 aliphatic rings. The van der Waals surface area contributed by atoms with E-state index < -0.39 is 7.25 Å². The maximum absolute atomic E-state index is 13.7. The molecule has 206 valence electrons. The van der Waals surface area contributed by atoms with E-state index in [2.05, 4.69) is 13.8 Å². The van der Waals surface area contributed by atoms with Crippen molar-refractivity contribution < 1.29 is 22.1 Å². The molecule has 4 rings (SSSR count). The summed E-state index contributed by atoms with van der Waals surface area (Å²) in [5.74, 6) is 7.08. The van der Waals surface area contributed by atoms with Gasteiger partial charge in [0.05, 0.1) is 0 Å². The van der Waals surface area contributed by atoms with Crippen LogP contribution in [-0.2, 0) is 15.7 Å². The summed E-state index contributed by atoms with van der Waals surface area (Å²) in [7, 11) is -5.63. The molecule has 0 aromatic carbocycles. The second kappa shape index (κ2) is 15.9. The highest BCUT2D eigenvalue weighted by Gasteiger charge is 2.55. The summed E-state index contributed by atoms with van der Waals surface area (Å²) in [6.45, 7) is 4.60.